The highest BCUT2D eigenvalue weighted by Crippen LogP contribution is 2.52. The molecule has 0 aromatic heterocycles. The third kappa shape index (κ3) is 21.8. The van der Waals surface area contributed by atoms with Gasteiger partial charge in [-0.25, -0.2) is 0 Å². The van der Waals surface area contributed by atoms with E-state index in [0.717, 1.165) is 0 Å². The zero-order chi connectivity index (χ0) is 67.0. The number of ether oxygens (including phenoxy) is 11. The lowest BCUT2D eigenvalue weighted by Crippen LogP contribution is -2.71. The molecular formula is C42H60N2O42P3-7. The average molecular weight is 1360 g/mol. The van der Waals surface area contributed by atoms with Gasteiger partial charge in [0, 0.05) is 19.3 Å². The van der Waals surface area contributed by atoms with Crippen molar-refractivity contribution in [1.29, 1.82) is 0 Å². The molecule has 0 bridgehead atoms. The summed E-state index contributed by atoms with van der Waals surface area (Å²) in [6.45, 7) is -9.95. The number of phosphoric ester groups is 2. The molecule has 4 fully saturated rings. The SMILES string of the molecule is O=COCCC(=O)N[C@H]1[C@H](OC[C@H]2O[C@H](OP(=O)([O-])OP(=O)([O-])[O-])[C@H](NC(=O)CCO)[C@@H](OC(=O)CCO)[C@@H]2O)O[C@H](CO[C@]2(C(=O)[O-])C[C@@H](O[C@]3(C(=O)[O-])C[C@@H](O)[C@@H](O)[C@@H]([C@H](O)CO)O3)[C@@H](O)[C@@H]([C@H](O)CO)O2)[C@@H](OP(=O)([O-])[O-])[C@@H]1OC(=O)CCOC=O. The fourth-order valence-corrected chi connectivity index (χ4v) is 11.1. The zero-order valence-electron chi connectivity index (χ0n) is 45.3. The minimum Gasteiger partial charge on any atom is -0.790 e. The summed E-state index contributed by atoms with van der Waals surface area (Å²) in [6.07, 6.45) is -47.0. The van der Waals surface area contributed by atoms with Crippen LogP contribution in [0.1, 0.15) is 38.5 Å². The van der Waals surface area contributed by atoms with Crippen LogP contribution in [-0.4, -0.2) is 274 Å². The summed E-state index contributed by atoms with van der Waals surface area (Å²) in [5, 5.41) is 134. The number of carbonyl (C=O) groups excluding carboxylic acids is 8. The average Bonchev–Trinajstić information content (AvgIpc) is 1.02. The van der Waals surface area contributed by atoms with Gasteiger partial charge in [-0.05, 0) is 0 Å². The van der Waals surface area contributed by atoms with E-state index in [2.05, 4.69) is 23.6 Å². The standard InChI is InChI=1S/C42H67N2O42P3/c45-5-1-23(54)43-27-35(79-25(56)2-6-46)31(60)21(77-38(27)85-89(71,72)86-88(68,69)70)13-75-37-28(44-24(55)3-7-73-15-49)36(80-26(57)4-8-74-16-50)34(84-87(65,66)67)22(78-37)14-76-41(39(61)62)10-20(30(59)33(82-41)19(53)12-48)81-42(40(63)64)9-17(51)29(58)32(83-42)18(52)11-47/h15-22,27-38,45-48,51-53,58-60H,1-14H2,(H,43,54)(H,44,55)(H,61,62)(H,63,64)(H,71,72)(H2,65,66,67)(H2,68,69,70)/p-7/t17-,18-,19-,20-,21-,22-,27-,28-,29-,30-,31-,32-,33-,34-,35-,36-,37-,38-,41-,42-/m1/s1. The molecule has 1 unspecified atom stereocenters. The first-order valence-corrected chi connectivity index (χ1v) is 30.0. The number of hydrogen-bond acceptors (Lipinski definition) is 42. The van der Waals surface area contributed by atoms with Crippen LogP contribution in [0.3, 0.4) is 0 Å². The van der Waals surface area contributed by atoms with Crippen molar-refractivity contribution in [1.82, 2.24) is 10.6 Å². The van der Waals surface area contributed by atoms with Crippen LogP contribution < -0.4 is 45.3 Å². The number of aliphatic hydroxyl groups excluding tert-OH is 10. The van der Waals surface area contributed by atoms with Gasteiger partial charge < -0.3 is 172 Å². The minimum absolute atomic E-state index is 0.150. The molecule has 89 heavy (non-hydrogen) atoms. The molecule has 0 radical (unpaired) electrons. The first kappa shape index (κ1) is 76.9. The van der Waals surface area contributed by atoms with E-state index in [1.54, 1.807) is 0 Å². The quantitative estimate of drug-likeness (QED) is 0.00911. The Labute approximate surface area is 498 Å². The molecule has 12 N–H and O–H groups in total. The maximum Gasteiger partial charge on any atom is 0.309 e. The number of hydrogen-bond donors (Lipinski definition) is 12. The number of esters is 2. The van der Waals surface area contributed by atoms with E-state index in [1.165, 1.54) is 0 Å². The predicted octanol–water partition coefficient (Wildman–Crippen LogP) is -16.3. The highest BCUT2D eigenvalue weighted by Gasteiger charge is 2.59. The van der Waals surface area contributed by atoms with E-state index in [0.29, 0.717) is 0 Å². The van der Waals surface area contributed by atoms with Gasteiger partial charge in [-0.15, -0.1) is 0 Å². The zero-order valence-corrected chi connectivity index (χ0v) is 48.0. The number of rotatable bonds is 36. The molecule has 0 spiro atoms. The summed E-state index contributed by atoms with van der Waals surface area (Å²) >= 11 is 0. The second-order valence-electron chi connectivity index (χ2n) is 19.2. The molecule has 21 atom stereocenters. The second-order valence-corrected chi connectivity index (χ2v) is 22.9. The van der Waals surface area contributed by atoms with Crippen LogP contribution in [0.4, 0.5) is 0 Å². The van der Waals surface area contributed by atoms with Crippen LogP contribution in [0.15, 0.2) is 0 Å². The highest BCUT2D eigenvalue weighted by atomic mass is 31.3. The molecule has 0 saturated carbocycles. The lowest BCUT2D eigenvalue weighted by Gasteiger charge is -2.53. The number of phosphoric acid groups is 3. The van der Waals surface area contributed by atoms with Crippen molar-refractivity contribution in [3.05, 3.63) is 0 Å². The molecule has 4 aliphatic rings. The van der Waals surface area contributed by atoms with Crippen LogP contribution in [0.25, 0.3) is 0 Å². The maximum atomic E-state index is 13.5. The fourth-order valence-electron chi connectivity index (χ4n) is 8.99. The lowest BCUT2D eigenvalue weighted by atomic mass is 9.90. The van der Waals surface area contributed by atoms with E-state index < -0.39 is 272 Å². The molecule has 4 rings (SSSR count). The summed E-state index contributed by atoms with van der Waals surface area (Å²) in [7, 11) is -19.8. The third-order valence-corrected chi connectivity index (χ3v) is 15.5. The lowest BCUT2D eigenvalue weighted by molar-refractivity contribution is -0.420. The maximum absolute atomic E-state index is 13.5. The summed E-state index contributed by atoms with van der Waals surface area (Å²) in [5.41, 5.74) is 0. The van der Waals surface area contributed by atoms with Gasteiger partial charge in [0.2, 0.25) is 23.4 Å². The normalized spacial score (nSPS) is 33.9. The molecule has 0 aromatic carbocycles. The Morgan fingerprint density at radius 1 is 0.607 bits per heavy atom. The Balaban J connectivity index is 1.94. The second kappa shape index (κ2) is 33.9. The topological polar surface area (TPSA) is 705 Å². The van der Waals surface area contributed by atoms with E-state index >= 15 is 0 Å². The van der Waals surface area contributed by atoms with Crippen molar-refractivity contribution in [2.75, 3.05) is 52.9 Å². The van der Waals surface area contributed by atoms with E-state index in [9.17, 15) is 138 Å². The number of aliphatic hydroxyl groups is 10. The van der Waals surface area contributed by atoms with Crippen LogP contribution in [0.5, 0.6) is 0 Å². The molecule has 4 heterocycles. The monoisotopic (exact) mass is 1360 g/mol. The smallest absolute Gasteiger partial charge is 0.309 e. The third-order valence-electron chi connectivity index (χ3n) is 12.9. The van der Waals surface area contributed by atoms with Crippen molar-refractivity contribution in [3.8, 4) is 0 Å². The van der Waals surface area contributed by atoms with Gasteiger partial charge in [0.15, 0.2) is 24.8 Å². The van der Waals surface area contributed by atoms with Gasteiger partial charge in [0.25, 0.3) is 20.8 Å². The summed E-state index contributed by atoms with van der Waals surface area (Å²) in [5.74, 6) is -18.1. The van der Waals surface area contributed by atoms with Gasteiger partial charge in [-0.2, -0.15) is 0 Å². The van der Waals surface area contributed by atoms with E-state index in [1.807, 2.05) is 5.32 Å². The number of carboxylic acids is 2. The minimum atomic E-state index is -6.62. The first-order chi connectivity index (χ1) is 41.5. The van der Waals surface area contributed by atoms with Crippen molar-refractivity contribution >= 4 is 72.1 Å². The number of amides is 2. The largest absolute Gasteiger partial charge is 0.790 e. The van der Waals surface area contributed by atoms with Crippen molar-refractivity contribution in [2.45, 2.75) is 160 Å². The summed E-state index contributed by atoms with van der Waals surface area (Å²) < 4.78 is 108. The molecule has 4 aliphatic heterocycles. The summed E-state index contributed by atoms with van der Waals surface area (Å²) in [6, 6.07) is -4.81. The molecule has 4 saturated heterocycles. The highest BCUT2D eigenvalue weighted by molar-refractivity contribution is 7.58. The van der Waals surface area contributed by atoms with Gasteiger partial charge >= 0.3 is 11.9 Å². The van der Waals surface area contributed by atoms with E-state index in [-0.39, 0.29) is 12.9 Å². The number of carboxylic acid groups (broad SMARTS) is 2. The first-order valence-electron chi connectivity index (χ1n) is 25.6. The Morgan fingerprint density at radius 2 is 1.12 bits per heavy atom. The molecule has 2 amide bonds. The van der Waals surface area contributed by atoms with Crippen LogP contribution in [-0.2, 0) is 118 Å². The molecule has 0 aliphatic carbocycles. The van der Waals surface area contributed by atoms with Gasteiger partial charge in [-0.3, -0.25) is 42.2 Å². The molecule has 512 valence electrons. The number of nitrogens with one attached hydrogen (secondary N) is 2. The van der Waals surface area contributed by atoms with Gasteiger partial charge in [0.1, 0.15) is 91.7 Å². The molecule has 47 heteroatoms. The van der Waals surface area contributed by atoms with E-state index in [4.69, 9.17) is 47.2 Å². The van der Waals surface area contributed by atoms with Crippen LogP contribution >= 0.6 is 23.5 Å². The Morgan fingerprint density at radius 3 is 1.66 bits per heavy atom. The van der Waals surface area contributed by atoms with Crippen molar-refractivity contribution < 1.29 is 203 Å². The summed E-state index contributed by atoms with van der Waals surface area (Å²) in [4.78, 5) is 162. The Hall–Kier alpha value is -4.55. The molecule has 0 aromatic rings. The van der Waals surface area contributed by atoms with Crippen LogP contribution in [0.2, 0.25) is 0 Å². The number of carbonyl (C=O) groups is 8. The van der Waals surface area contributed by atoms with Gasteiger partial charge in [-0.1, -0.05) is 0 Å². The van der Waals surface area contributed by atoms with Crippen LogP contribution in [0, 0.1) is 0 Å². The Bertz CT molecular complexity index is 2540. The molecule has 44 nitrogen and oxygen atoms in total. The predicted molar refractivity (Wildman–Crippen MR) is 249 cm³/mol. The van der Waals surface area contributed by atoms with Gasteiger partial charge in [0.05, 0.1) is 93.4 Å². The molecular weight excluding hydrogens is 1300 g/mol. The van der Waals surface area contributed by atoms with Crippen molar-refractivity contribution in [2.24, 2.45) is 0 Å². The fraction of sp³-hybridized carbons (Fsp3) is 0.810. The van der Waals surface area contributed by atoms with Crippen molar-refractivity contribution in [3.63, 3.8) is 0 Å². The number of aliphatic carboxylic acids is 2. The Kier molecular flexibility index (Phi) is 29.3.